The van der Waals surface area contributed by atoms with Crippen molar-refractivity contribution in [3.8, 4) is 0 Å². The molecule has 4 nitrogen and oxygen atoms in total. The van der Waals surface area contributed by atoms with E-state index in [9.17, 15) is 4.79 Å². The van der Waals surface area contributed by atoms with Gasteiger partial charge in [-0.1, -0.05) is 0 Å². The van der Waals surface area contributed by atoms with Gasteiger partial charge in [0, 0.05) is 25.5 Å². The van der Waals surface area contributed by atoms with Crippen LogP contribution in [0.4, 0.5) is 0 Å². The number of carbonyl (C=O) groups excluding carboxylic acids is 1. The number of rotatable bonds is 5. The van der Waals surface area contributed by atoms with Crippen molar-refractivity contribution in [2.45, 2.75) is 32.3 Å². The van der Waals surface area contributed by atoms with Crippen LogP contribution in [0, 0.1) is 5.92 Å². The summed E-state index contributed by atoms with van der Waals surface area (Å²) in [6.07, 6.45) is 1.59. The smallest absolute Gasteiger partial charge is 0.220 e. The Morgan fingerprint density at radius 1 is 1.71 bits per heavy atom. The predicted molar refractivity (Wildman–Crippen MR) is 52.9 cm³/mol. The first-order chi connectivity index (χ1) is 6.68. The zero-order chi connectivity index (χ0) is 10.4. The fourth-order valence-corrected chi connectivity index (χ4v) is 1.43. The quantitative estimate of drug-likeness (QED) is 0.672. The van der Waals surface area contributed by atoms with Crippen molar-refractivity contribution in [2.24, 2.45) is 5.92 Å². The number of nitrogens with one attached hydrogen (secondary N) is 1. The predicted octanol–water partition coefficient (Wildman–Crippen LogP) is 0.300. The molecular formula is C10H19NO3. The Bertz CT molecular complexity index is 176. The molecular weight excluding hydrogens is 182 g/mol. The van der Waals surface area contributed by atoms with Gasteiger partial charge in [-0.15, -0.1) is 0 Å². The Balaban J connectivity index is 2.02. The van der Waals surface area contributed by atoms with Crippen LogP contribution in [0.15, 0.2) is 0 Å². The molecule has 2 N–H and O–H groups in total. The van der Waals surface area contributed by atoms with E-state index in [4.69, 9.17) is 9.84 Å². The molecule has 0 bridgehead atoms. The van der Waals surface area contributed by atoms with Crippen LogP contribution in [0.25, 0.3) is 0 Å². The van der Waals surface area contributed by atoms with Gasteiger partial charge in [-0.25, -0.2) is 0 Å². The standard InChI is InChI=1S/C10H19NO3/c1-8(12)2-3-10(13)11-6-9-4-5-14-7-9/h8-9,12H,2-7H2,1H3,(H,11,13). The van der Waals surface area contributed by atoms with Crippen LogP contribution in [-0.4, -0.2) is 36.9 Å². The highest BCUT2D eigenvalue weighted by Crippen LogP contribution is 2.10. The van der Waals surface area contributed by atoms with E-state index in [1.54, 1.807) is 6.92 Å². The molecule has 14 heavy (non-hydrogen) atoms. The maximum atomic E-state index is 11.2. The lowest BCUT2D eigenvalue weighted by atomic mass is 10.1. The molecule has 0 aromatic carbocycles. The summed E-state index contributed by atoms with van der Waals surface area (Å²) >= 11 is 0. The van der Waals surface area contributed by atoms with E-state index in [2.05, 4.69) is 5.32 Å². The van der Waals surface area contributed by atoms with Gasteiger partial charge in [-0.3, -0.25) is 4.79 Å². The Morgan fingerprint density at radius 3 is 3.07 bits per heavy atom. The molecule has 0 aromatic rings. The van der Waals surface area contributed by atoms with Crippen molar-refractivity contribution in [1.29, 1.82) is 0 Å². The van der Waals surface area contributed by atoms with E-state index in [1.165, 1.54) is 0 Å². The molecule has 1 heterocycles. The number of hydrogen-bond donors (Lipinski definition) is 2. The average Bonchev–Trinajstić information content (AvgIpc) is 2.63. The van der Waals surface area contributed by atoms with Crippen LogP contribution in [0.2, 0.25) is 0 Å². The lowest BCUT2D eigenvalue weighted by Crippen LogP contribution is -2.29. The van der Waals surface area contributed by atoms with Crippen LogP contribution < -0.4 is 5.32 Å². The first-order valence-electron chi connectivity index (χ1n) is 5.21. The Labute approximate surface area is 84.6 Å². The van der Waals surface area contributed by atoms with Crippen molar-refractivity contribution in [3.63, 3.8) is 0 Å². The molecule has 0 spiro atoms. The first kappa shape index (κ1) is 11.5. The monoisotopic (exact) mass is 201 g/mol. The van der Waals surface area contributed by atoms with Crippen LogP contribution in [0.1, 0.15) is 26.2 Å². The highest BCUT2D eigenvalue weighted by molar-refractivity contribution is 5.75. The van der Waals surface area contributed by atoms with Crippen molar-refractivity contribution < 1.29 is 14.6 Å². The summed E-state index contributed by atoms with van der Waals surface area (Å²) in [5.41, 5.74) is 0. The third-order valence-corrected chi connectivity index (χ3v) is 2.40. The van der Waals surface area contributed by atoms with Gasteiger partial charge in [0.25, 0.3) is 0 Å². The van der Waals surface area contributed by atoms with Gasteiger partial charge >= 0.3 is 0 Å². The maximum Gasteiger partial charge on any atom is 0.220 e. The highest BCUT2D eigenvalue weighted by Gasteiger charge is 2.16. The number of amides is 1. The third kappa shape index (κ3) is 4.58. The second kappa shape index (κ2) is 5.98. The van der Waals surface area contributed by atoms with Gasteiger partial charge < -0.3 is 15.2 Å². The van der Waals surface area contributed by atoms with E-state index in [0.717, 1.165) is 19.6 Å². The van der Waals surface area contributed by atoms with Crippen LogP contribution >= 0.6 is 0 Å². The zero-order valence-corrected chi connectivity index (χ0v) is 8.66. The van der Waals surface area contributed by atoms with E-state index in [-0.39, 0.29) is 5.91 Å². The summed E-state index contributed by atoms with van der Waals surface area (Å²) in [4.78, 5) is 11.2. The first-order valence-corrected chi connectivity index (χ1v) is 5.21. The fourth-order valence-electron chi connectivity index (χ4n) is 1.43. The molecule has 4 heteroatoms. The number of hydrogen-bond acceptors (Lipinski definition) is 3. The number of carbonyl (C=O) groups is 1. The second-order valence-electron chi connectivity index (χ2n) is 3.92. The van der Waals surface area contributed by atoms with Gasteiger partial charge in [0.2, 0.25) is 5.91 Å². The SMILES string of the molecule is CC(O)CCC(=O)NCC1CCOC1. The topological polar surface area (TPSA) is 58.6 Å². The molecule has 0 radical (unpaired) electrons. The van der Waals surface area contributed by atoms with Crippen LogP contribution in [0.5, 0.6) is 0 Å². The van der Waals surface area contributed by atoms with E-state index >= 15 is 0 Å². The molecule has 0 aliphatic carbocycles. The normalized spacial score (nSPS) is 23.4. The summed E-state index contributed by atoms with van der Waals surface area (Å²) in [5, 5.41) is 11.8. The minimum atomic E-state index is -0.393. The summed E-state index contributed by atoms with van der Waals surface area (Å²) < 4.78 is 5.20. The highest BCUT2D eigenvalue weighted by atomic mass is 16.5. The van der Waals surface area contributed by atoms with Gasteiger partial charge in [0.1, 0.15) is 0 Å². The summed E-state index contributed by atoms with van der Waals surface area (Å²) in [6.45, 7) is 3.97. The lowest BCUT2D eigenvalue weighted by molar-refractivity contribution is -0.121. The van der Waals surface area contributed by atoms with Gasteiger partial charge in [-0.2, -0.15) is 0 Å². The minimum absolute atomic E-state index is 0.0257. The molecule has 2 unspecified atom stereocenters. The van der Waals surface area contributed by atoms with Crippen molar-refractivity contribution in [2.75, 3.05) is 19.8 Å². The Hall–Kier alpha value is -0.610. The molecule has 1 rings (SSSR count). The average molecular weight is 201 g/mol. The van der Waals surface area contributed by atoms with Gasteiger partial charge in [0.15, 0.2) is 0 Å². The van der Waals surface area contributed by atoms with E-state index in [0.29, 0.717) is 25.3 Å². The van der Waals surface area contributed by atoms with E-state index < -0.39 is 6.10 Å². The molecule has 1 saturated heterocycles. The van der Waals surface area contributed by atoms with Gasteiger partial charge in [0.05, 0.1) is 12.7 Å². The molecule has 1 aliphatic rings. The zero-order valence-electron chi connectivity index (χ0n) is 8.66. The van der Waals surface area contributed by atoms with Crippen LogP contribution in [-0.2, 0) is 9.53 Å². The summed E-state index contributed by atoms with van der Waals surface area (Å²) in [7, 11) is 0. The van der Waals surface area contributed by atoms with E-state index in [1.807, 2.05) is 0 Å². The molecule has 82 valence electrons. The van der Waals surface area contributed by atoms with Crippen LogP contribution in [0.3, 0.4) is 0 Å². The third-order valence-electron chi connectivity index (χ3n) is 2.40. The number of aliphatic hydroxyl groups excluding tert-OH is 1. The Morgan fingerprint density at radius 2 is 2.50 bits per heavy atom. The molecule has 1 amide bonds. The summed E-state index contributed by atoms with van der Waals surface area (Å²) in [6, 6.07) is 0. The second-order valence-corrected chi connectivity index (χ2v) is 3.92. The fraction of sp³-hybridized carbons (Fsp3) is 0.900. The molecule has 0 saturated carbocycles. The summed E-state index contributed by atoms with van der Waals surface area (Å²) in [5.74, 6) is 0.503. The number of ether oxygens (including phenoxy) is 1. The van der Waals surface area contributed by atoms with Crippen molar-refractivity contribution in [3.05, 3.63) is 0 Å². The molecule has 2 atom stereocenters. The largest absolute Gasteiger partial charge is 0.393 e. The maximum absolute atomic E-state index is 11.2. The molecule has 1 aliphatic heterocycles. The minimum Gasteiger partial charge on any atom is -0.393 e. The van der Waals surface area contributed by atoms with Crippen molar-refractivity contribution >= 4 is 5.91 Å². The van der Waals surface area contributed by atoms with Gasteiger partial charge in [-0.05, 0) is 19.8 Å². The Kier molecular flexibility index (Phi) is 4.90. The molecule has 1 fully saturated rings. The molecule has 0 aromatic heterocycles. The number of aliphatic hydroxyl groups is 1. The lowest BCUT2D eigenvalue weighted by Gasteiger charge is -2.09. The van der Waals surface area contributed by atoms with Crippen molar-refractivity contribution in [1.82, 2.24) is 5.32 Å².